The maximum Gasteiger partial charge on any atom is 0.195 e. The molecular formula is C28H36N4O2S. The Hall–Kier alpha value is -2.35. The molecule has 0 aliphatic carbocycles. The third-order valence-electron chi connectivity index (χ3n) is 7.24. The lowest BCUT2D eigenvalue weighted by Crippen LogP contribution is -2.33. The summed E-state index contributed by atoms with van der Waals surface area (Å²) in [5.74, 6) is 3.22. The van der Waals surface area contributed by atoms with Gasteiger partial charge in [0.05, 0.1) is 18.9 Å². The third-order valence-corrected chi connectivity index (χ3v) is 8.30. The summed E-state index contributed by atoms with van der Waals surface area (Å²) in [7, 11) is 1.71. The van der Waals surface area contributed by atoms with E-state index in [1.54, 1.807) is 18.9 Å². The second-order valence-electron chi connectivity index (χ2n) is 9.80. The van der Waals surface area contributed by atoms with Crippen molar-refractivity contribution in [2.24, 2.45) is 0 Å². The molecule has 2 aromatic carbocycles. The predicted molar refractivity (Wildman–Crippen MR) is 141 cm³/mol. The third kappa shape index (κ3) is 5.74. The van der Waals surface area contributed by atoms with Gasteiger partial charge in [-0.2, -0.15) is 0 Å². The first-order valence-electron chi connectivity index (χ1n) is 12.7. The maximum absolute atomic E-state index is 5.85. The first-order chi connectivity index (χ1) is 17.1. The van der Waals surface area contributed by atoms with E-state index in [9.17, 15) is 0 Å². The first kappa shape index (κ1) is 24.3. The zero-order chi connectivity index (χ0) is 24.2. The number of hydrogen-bond donors (Lipinski definition) is 0. The first-order valence-corrected chi connectivity index (χ1v) is 13.7. The van der Waals surface area contributed by atoms with Gasteiger partial charge in [-0.3, -0.25) is 9.47 Å². The lowest BCUT2D eigenvalue weighted by molar-refractivity contribution is 0.129. The molecule has 0 unspecified atom stereocenters. The SMILES string of the molecule is COc1cccc(-n2c(SC[C@@H]3CCCO3)nnc2C2CCN(Cc3ccc(C)cc3C)CC2)c1. The van der Waals surface area contributed by atoms with Gasteiger partial charge in [0.2, 0.25) is 0 Å². The molecule has 7 heteroatoms. The number of rotatable bonds is 8. The Morgan fingerprint density at radius 2 is 1.91 bits per heavy atom. The van der Waals surface area contributed by atoms with Gasteiger partial charge in [-0.05, 0) is 75.9 Å². The standard InChI is InChI=1S/C28H36N4O2S/c1-20-9-10-23(21(2)16-20)18-31-13-11-22(12-14-31)27-29-30-28(35-19-26-8-5-15-34-26)32(27)24-6-4-7-25(17-24)33-3/h4,6-7,9-10,16-17,22,26H,5,8,11-15,18-19H2,1-3H3/t26-/m0/s1. The molecule has 2 fully saturated rings. The average Bonchev–Trinajstić information content (AvgIpc) is 3.55. The second kappa shape index (κ2) is 11.1. The Balaban J connectivity index is 1.33. The molecule has 0 radical (unpaired) electrons. The zero-order valence-electron chi connectivity index (χ0n) is 21.1. The van der Waals surface area contributed by atoms with Crippen LogP contribution in [0.1, 0.15) is 54.1 Å². The minimum atomic E-state index is 0.312. The van der Waals surface area contributed by atoms with E-state index < -0.39 is 0 Å². The van der Waals surface area contributed by atoms with Gasteiger partial charge >= 0.3 is 0 Å². The Morgan fingerprint density at radius 3 is 2.66 bits per heavy atom. The predicted octanol–water partition coefficient (Wildman–Crippen LogP) is 5.54. The summed E-state index contributed by atoms with van der Waals surface area (Å²) < 4.78 is 13.6. The lowest BCUT2D eigenvalue weighted by Gasteiger charge is -2.32. The van der Waals surface area contributed by atoms with E-state index in [4.69, 9.17) is 14.6 Å². The summed E-state index contributed by atoms with van der Waals surface area (Å²) in [6.45, 7) is 8.42. The van der Waals surface area contributed by atoms with Crippen molar-refractivity contribution in [2.45, 2.75) is 63.3 Å². The molecule has 6 nitrogen and oxygen atoms in total. The van der Waals surface area contributed by atoms with E-state index in [1.165, 1.54) is 16.7 Å². The van der Waals surface area contributed by atoms with Gasteiger partial charge in [0.25, 0.3) is 0 Å². The zero-order valence-corrected chi connectivity index (χ0v) is 21.9. The van der Waals surface area contributed by atoms with Gasteiger partial charge in [0, 0.05) is 30.9 Å². The van der Waals surface area contributed by atoms with Crippen molar-refractivity contribution in [3.8, 4) is 11.4 Å². The van der Waals surface area contributed by atoms with Crippen LogP contribution in [0, 0.1) is 13.8 Å². The fourth-order valence-corrected chi connectivity index (χ4v) is 6.21. The lowest BCUT2D eigenvalue weighted by atomic mass is 9.95. The highest BCUT2D eigenvalue weighted by Crippen LogP contribution is 2.34. The van der Waals surface area contributed by atoms with Crippen LogP contribution in [0.4, 0.5) is 0 Å². The highest BCUT2D eigenvalue weighted by molar-refractivity contribution is 7.99. The number of nitrogens with zero attached hydrogens (tertiary/aromatic N) is 4. The van der Waals surface area contributed by atoms with E-state index in [0.29, 0.717) is 12.0 Å². The minimum Gasteiger partial charge on any atom is -0.497 e. The largest absolute Gasteiger partial charge is 0.497 e. The van der Waals surface area contributed by atoms with Crippen LogP contribution >= 0.6 is 11.8 Å². The van der Waals surface area contributed by atoms with Crippen LogP contribution in [0.15, 0.2) is 47.6 Å². The molecule has 2 aliphatic heterocycles. The van der Waals surface area contributed by atoms with Gasteiger partial charge in [-0.15, -0.1) is 10.2 Å². The van der Waals surface area contributed by atoms with Crippen molar-refractivity contribution >= 4 is 11.8 Å². The van der Waals surface area contributed by atoms with E-state index in [2.05, 4.69) is 58.7 Å². The summed E-state index contributed by atoms with van der Waals surface area (Å²) in [6.07, 6.45) is 4.77. The van der Waals surface area contributed by atoms with Gasteiger partial charge in [0.1, 0.15) is 11.6 Å². The number of thioether (sulfide) groups is 1. The molecule has 1 atom stereocenters. The van der Waals surface area contributed by atoms with Crippen LogP contribution in [0.2, 0.25) is 0 Å². The van der Waals surface area contributed by atoms with Crippen molar-refractivity contribution < 1.29 is 9.47 Å². The number of methoxy groups -OCH3 is 1. The van der Waals surface area contributed by atoms with Crippen LogP contribution < -0.4 is 4.74 Å². The Morgan fingerprint density at radius 1 is 1.06 bits per heavy atom. The van der Waals surface area contributed by atoms with Crippen molar-refractivity contribution in [1.82, 2.24) is 19.7 Å². The highest BCUT2D eigenvalue weighted by Gasteiger charge is 2.28. The summed E-state index contributed by atoms with van der Waals surface area (Å²) >= 11 is 1.76. The van der Waals surface area contributed by atoms with Crippen molar-refractivity contribution in [2.75, 3.05) is 32.6 Å². The fourth-order valence-electron chi connectivity index (χ4n) is 5.19. The molecule has 1 aromatic heterocycles. The minimum absolute atomic E-state index is 0.312. The van der Waals surface area contributed by atoms with Gasteiger partial charge < -0.3 is 9.47 Å². The van der Waals surface area contributed by atoms with Gasteiger partial charge in [-0.1, -0.05) is 41.6 Å². The average molecular weight is 493 g/mol. The monoisotopic (exact) mass is 492 g/mol. The van der Waals surface area contributed by atoms with Gasteiger partial charge in [-0.25, -0.2) is 0 Å². The molecule has 5 rings (SSSR count). The molecule has 3 aromatic rings. The summed E-state index contributed by atoms with van der Waals surface area (Å²) in [6, 6.07) is 15.0. The van der Waals surface area contributed by atoms with Crippen molar-refractivity contribution in [3.05, 3.63) is 65.0 Å². The maximum atomic E-state index is 5.85. The van der Waals surface area contributed by atoms with Crippen molar-refractivity contribution in [3.63, 3.8) is 0 Å². The number of ether oxygens (including phenoxy) is 2. The van der Waals surface area contributed by atoms with Crippen LogP contribution in [0.25, 0.3) is 5.69 Å². The Bertz CT molecular complexity index is 1130. The summed E-state index contributed by atoms with van der Waals surface area (Å²) in [4.78, 5) is 2.58. The molecule has 2 saturated heterocycles. The Kier molecular flexibility index (Phi) is 7.75. The van der Waals surface area contributed by atoms with Crippen LogP contribution in [0.5, 0.6) is 5.75 Å². The second-order valence-corrected chi connectivity index (χ2v) is 10.8. The normalized spacial score (nSPS) is 19.3. The number of likely N-dealkylation sites (tertiary alicyclic amines) is 1. The van der Waals surface area contributed by atoms with Crippen LogP contribution in [-0.4, -0.2) is 58.3 Å². The summed E-state index contributed by atoms with van der Waals surface area (Å²) in [5, 5.41) is 10.3. The van der Waals surface area contributed by atoms with E-state index in [-0.39, 0.29) is 0 Å². The Labute approximate surface area is 213 Å². The number of aromatic nitrogens is 3. The van der Waals surface area contributed by atoms with Gasteiger partial charge in [0.15, 0.2) is 5.16 Å². The van der Waals surface area contributed by atoms with Crippen LogP contribution in [0.3, 0.4) is 0 Å². The molecule has 0 saturated carbocycles. The number of aryl methyl sites for hydroxylation is 2. The quantitative estimate of drug-likeness (QED) is 0.385. The molecule has 3 heterocycles. The molecule has 0 spiro atoms. The fraction of sp³-hybridized carbons (Fsp3) is 0.500. The number of benzene rings is 2. The molecule has 0 N–H and O–H groups in total. The van der Waals surface area contributed by atoms with Crippen LogP contribution in [-0.2, 0) is 11.3 Å². The molecule has 0 bridgehead atoms. The molecular weight excluding hydrogens is 456 g/mol. The van der Waals surface area contributed by atoms with E-state index in [1.807, 2.05) is 12.1 Å². The molecule has 35 heavy (non-hydrogen) atoms. The number of piperidine rings is 1. The number of hydrogen-bond acceptors (Lipinski definition) is 6. The molecule has 2 aliphatic rings. The topological polar surface area (TPSA) is 52.4 Å². The highest BCUT2D eigenvalue weighted by atomic mass is 32.2. The summed E-state index contributed by atoms with van der Waals surface area (Å²) in [5.41, 5.74) is 5.21. The van der Waals surface area contributed by atoms with E-state index >= 15 is 0 Å². The van der Waals surface area contributed by atoms with E-state index in [0.717, 1.165) is 80.1 Å². The smallest absolute Gasteiger partial charge is 0.195 e. The molecule has 0 amide bonds. The van der Waals surface area contributed by atoms with Crippen molar-refractivity contribution in [1.29, 1.82) is 0 Å². The molecule has 186 valence electrons.